The molecule has 0 aliphatic rings. The molecule has 1 aromatic carbocycles. The maximum absolute atomic E-state index is 12.6. The Morgan fingerprint density at radius 2 is 2.11 bits per heavy atom. The first kappa shape index (κ1) is 18.8. The summed E-state index contributed by atoms with van der Waals surface area (Å²) >= 11 is 5.93. The minimum atomic E-state index is -0.604. The van der Waals surface area contributed by atoms with Crippen molar-refractivity contribution in [3.8, 4) is 0 Å². The number of anilines is 1. The van der Waals surface area contributed by atoms with E-state index in [0.717, 1.165) is 0 Å². The van der Waals surface area contributed by atoms with Crippen LogP contribution in [-0.2, 0) is 11.3 Å². The summed E-state index contributed by atoms with van der Waals surface area (Å²) in [4.78, 5) is 43.5. The van der Waals surface area contributed by atoms with Crippen molar-refractivity contribution in [2.75, 3.05) is 19.0 Å². The van der Waals surface area contributed by atoms with Gasteiger partial charge in [-0.2, -0.15) is 0 Å². The monoisotopic (exact) mass is 388 g/mol. The fourth-order valence-corrected chi connectivity index (χ4v) is 2.87. The predicted octanol–water partition coefficient (Wildman–Crippen LogP) is 1.95. The van der Waals surface area contributed by atoms with Crippen molar-refractivity contribution in [2.24, 2.45) is 0 Å². The average Bonchev–Trinajstić information content (AvgIpc) is 2.61. The third-order valence-electron chi connectivity index (χ3n) is 4.01. The molecule has 0 saturated carbocycles. The van der Waals surface area contributed by atoms with Gasteiger partial charge in [0.05, 0.1) is 29.8 Å². The second kappa shape index (κ2) is 7.73. The molecule has 0 atom stereocenters. The van der Waals surface area contributed by atoms with Crippen LogP contribution in [0.2, 0.25) is 5.02 Å². The Hall–Kier alpha value is -2.97. The number of fused-ring (bicyclic) bond motifs is 1. The Morgan fingerprint density at radius 1 is 1.33 bits per heavy atom. The van der Waals surface area contributed by atoms with Crippen LogP contribution < -0.4 is 16.6 Å². The van der Waals surface area contributed by atoms with Crippen LogP contribution in [0.15, 0.2) is 39.9 Å². The van der Waals surface area contributed by atoms with Gasteiger partial charge in [-0.1, -0.05) is 17.7 Å². The van der Waals surface area contributed by atoms with Gasteiger partial charge in [0.2, 0.25) is 0 Å². The van der Waals surface area contributed by atoms with Gasteiger partial charge in [0.25, 0.3) is 11.5 Å². The minimum absolute atomic E-state index is 0.146. The molecular weight excluding hydrogens is 372 g/mol. The normalized spacial score (nSPS) is 10.9. The number of halogens is 1. The Bertz CT molecular complexity index is 1140. The van der Waals surface area contributed by atoms with Crippen LogP contribution in [0.3, 0.4) is 0 Å². The second-order valence-electron chi connectivity index (χ2n) is 5.86. The van der Waals surface area contributed by atoms with E-state index in [-0.39, 0.29) is 29.7 Å². The van der Waals surface area contributed by atoms with Crippen molar-refractivity contribution in [2.45, 2.75) is 13.5 Å². The van der Waals surface area contributed by atoms with Crippen molar-refractivity contribution in [1.29, 1.82) is 0 Å². The summed E-state index contributed by atoms with van der Waals surface area (Å²) in [6.07, 6.45) is 0. The summed E-state index contributed by atoms with van der Waals surface area (Å²) in [5.41, 5.74) is 0.159. The summed E-state index contributed by atoms with van der Waals surface area (Å²) in [6.45, 7) is 2.14. The maximum atomic E-state index is 12.6. The summed E-state index contributed by atoms with van der Waals surface area (Å²) in [6, 6.07) is 8.14. The summed E-state index contributed by atoms with van der Waals surface area (Å²) < 4.78 is 6.31. The topological polar surface area (TPSA) is 106 Å². The van der Waals surface area contributed by atoms with Gasteiger partial charge in [0.15, 0.2) is 0 Å². The number of H-pyrrole nitrogens is 1. The van der Waals surface area contributed by atoms with Crippen LogP contribution in [0, 0.1) is 6.92 Å². The molecule has 0 bridgehead atoms. The lowest BCUT2D eigenvalue weighted by molar-refractivity contribution is 0.102. The number of hydrogen-bond acceptors (Lipinski definition) is 5. The van der Waals surface area contributed by atoms with Crippen molar-refractivity contribution in [1.82, 2.24) is 14.5 Å². The lowest BCUT2D eigenvalue weighted by Gasteiger charge is -2.12. The van der Waals surface area contributed by atoms with E-state index in [2.05, 4.69) is 15.3 Å². The van der Waals surface area contributed by atoms with E-state index in [9.17, 15) is 14.4 Å². The molecule has 0 unspecified atom stereocenters. The molecule has 0 aliphatic heterocycles. The average molecular weight is 389 g/mol. The highest BCUT2D eigenvalue weighted by Crippen LogP contribution is 2.18. The van der Waals surface area contributed by atoms with Gasteiger partial charge in [0.1, 0.15) is 5.65 Å². The Balaban J connectivity index is 2.07. The van der Waals surface area contributed by atoms with Gasteiger partial charge in [0, 0.05) is 17.8 Å². The molecule has 2 heterocycles. The Labute approximate surface area is 158 Å². The van der Waals surface area contributed by atoms with E-state index in [4.69, 9.17) is 16.3 Å². The van der Waals surface area contributed by atoms with Crippen LogP contribution in [0.5, 0.6) is 0 Å². The standard InChI is InChI=1S/C18H17ClN4O4/c1-10-13(16(24)21-12-5-3-4-11(19)8-12)9-14-15(20-10)23(6-7-27-2)18(26)22-17(14)25/h3-5,8-9H,6-7H2,1-2H3,(H,21,24)(H,22,25,26). The zero-order chi connectivity index (χ0) is 19.6. The van der Waals surface area contributed by atoms with Crippen LogP contribution in [0.4, 0.5) is 5.69 Å². The van der Waals surface area contributed by atoms with E-state index in [1.165, 1.54) is 17.7 Å². The molecule has 0 radical (unpaired) electrons. The number of nitrogens with one attached hydrogen (secondary N) is 2. The largest absolute Gasteiger partial charge is 0.383 e. The lowest BCUT2D eigenvalue weighted by atomic mass is 10.1. The first-order valence-electron chi connectivity index (χ1n) is 8.11. The van der Waals surface area contributed by atoms with Crippen LogP contribution in [0.1, 0.15) is 16.1 Å². The third kappa shape index (κ3) is 3.91. The number of carbonyl (C=O) groups is 1. The number of ether oxygens (including phenoxy) is 1. The summed E-state index contributed by atoms with van der Waals surface area (Å²) in [7, 11) is 1.51. The lowest BCUT2D eigenvalue weighted by Crippen LogP contribution is -2.32. The van der Waals surface area contributed by atoms with Crippen LogP contribution >= 0.6 is 11.6 Å². The second-order valence-corrected chi connectivity index (χ2v) is 6.30. The SMILES string of the molecule is COCCn1c(=O)[nH]c(=O)c2cc(C(=O)Nc3cccc(Cl)c3)c(C)nc21. The van der Waals surface area contributed by atoms with Gasteiger partial charge in [-0.15, -0.1) is 0 Å². The molecule has 0 fully saturated rings. The zero-order valence-electron chi connectivity index (χ0n) is 14.7. The molecule has 1 amide bonds. The van der Waals surface area contributed by atoms with Gasteiger partial charge in [-0.25, -0.2) is 9.78 Å². The fraction of sp³-hybridized carbons (Fsp3) is 0.222. The number of benzene rings is 1. The number of rotatable bonds is 5. The first-order valence-corrected chi connectivity index (χ1v) is 8.49. The zero-order valence-corrected chi connectivity index (χ0v) is 15.5. The number of carbonyl (C=O) groups excluding carboxylic acids is 1. The van der Waals surface area contributed by atoms with Gasteiger partial charge in [-0.05, 0) is 31.2 Å². The number of hydrogen-bond donors (Lipinski definition) is 2. The van der Waals surface area contributed by atoms with Crippen molar-refractivity contribution in [3.05, 3.63) is 67.4 Å². The summed E-state index contributed by atoms with van der Waals surface area (Å²) in [5.74, 6) is -0.432. The number of amides is 1. The predicted molar refractivity (Wildman–Crippen MR) is 103 cm³/mol. The third-order valence-corrected chi connectivity index (χ3v) is 4.24. The molecule has 0 saturated heterocycles. The molecule has 27 heavy (non-hydrogen) atoms. The van der Waals surface area contributed by atoms with Crippen molar-refractivity contribution >= 4 is 34.2 Å². The van der Waals surface area contributed by atoms with Crippen molar-refractivity contribution < 1.29 is 9.53 Å². The van der Waals surface area contributed by atoms with E-state index < -0.39 is 17.2 Å². The number of methoxy groups -OCH3 is 1. The number of nitrogens with zero attached hydrogens (tertiary/aromatic N) is 2. The molecular formula is C18H17ClN4O4. The molecule has 0 aliphatic carbocycles. The highest BCUT2D eigenvalue weighted by Gasteiger charge is 2.16. The van der Waals surface area contributed by atoms with Gasteiger partial charge in [-0.3, -0.25) is 19.1 Å². The van der Waals surface area contributed by atoms with Crippen LogP contribution in [-0.4, -0.2) is 34.2 Å². The number of aromatic nitrogens is 3. The van der Waals surface area contributed by atoms with Gasteiger partial charge >= 0.3 is 5.69 Å². The maximum Gasteiger partial charge on any atom is 0.330 e. The molecule has 3 aromatic rings. The molecule has 8 nitrogen and oxygen atoms in total. The fourth-order valence-electron chi connectivity index (χ4n) is 2.68. The Kier molecular flexibility index (Phi) is 5.38. The molecule has 140 valence electrons. The van der Waals surface area contributed by atoms with E-state index >= 15 is 0 Å². The van der Waals surface area contributed by atoms with Crippen LogP contribution in [0.25, 0.3) is 11.0 Å². The molecule has 2 aromatic heterocycles. The molecule has 2 N–H and O–H groups in total. The van der Waals surface area contributed by atoms with Gasteiger partial charge < -0.3 is 10.1 Å². The highest BCUT2D eigenvalue weighted by molar-refractivity contribution is 6.31. The van der Waals surface area contributed by atoms with E-state index in [0.29, 0.717) is 16.4 Å². The molecule has 0 spiro atoms. The van der Waals surface area contributed by atoms with E-state index in [1.807, 2.05) is 0 Å². The minimum Gasteiger partial charge on any atom is -0.383 e. The van der Waals surface area contributed by atoms with Crippen molar-refractivity contribution in [3.63, 3.8) is 0 Å². The first-order chi connectivity index (χ1) is 12.9. The summed E-state index contributed by atoms with van der Waals surface area (Å²) in [5, 5.41) is 3.35. The van der Waals surface area contributed by atoms with E-state index in [1.54, 1.807) is 31.2 Å². The Morgan fingerprint density at radius 3 is 2.81 bits per heavy atom. The number of aryl methyl sites for hydroxylation is 1. The molecule has 9 heteroatoms. The highest BCUT2D eigenvalue weighted by atomic mass is 35.5. The molecule has 3 rings (SSSR count). The number of aromatic amines is 1. The smallest absolute Gasteiger partial charge is 0.330 e. The quantitative estimate of drug-likeness (QED) is 0.694. The number of pyridine rings is 1.